The summed E-state index contributed by atoms with van der Waals surface area (Å²) in [5.74, 6) is 1.56. The second kappa shape index (κ2) is 8.74. The van der Waals surface area contributed by atoms with Crippen molar-refractivity contribution in [3.8, 4) is 0 Å². The fraction of sp³-hybridized carbons (Fsp3) is 0.581. The number of hydrogen-bond donors (Lipinski definition) is 1. The number of unbranched alkanes of at least 4 members (excludes halogenated alkanes) is 1. The van der Waals surface area contributed by atoms with Crippen LogP contribution < -0.4 is 0 Å². The second-order valence-electron chi connectivity index (χ2n) is 11.8. The first-order chi connectivity index (χ1) is 17.0. The van der Waals surface area contributed by atoms with Crippen molar-refractivity contribution in [1.29, 1.82) is 0 Å². The fourth-order valence-corrected chi connectivity index (χ4v) is 8.45. The minimum absolute atomic E-state index is 0.0506. The standard InChI is InChI=1S/C31H39NO3/c1-3-4-18-32-27(33)20-35-31(28(32)22-11-6-5-7-12-22)19-26-25-15-14-21-10-8-9-13-23(21)24(25)16-17-30(26,2)29(31)34/h5-13,24-26,28-29,34H,3-4,14-20H2,1-2H3/t24-,25-,26+,28-,29-,30+,31+/m1/s1. The Morgan fingerprint density at radius 2 is 1.86 bits per heavy atom. The van der Waals surface area contributed by atoms with Crippen LogP contribution in [0.1, 0.15) is 81.0 Å². The maximum atomic E-state index is 13.2. The van der Waals surface area contributed by atoms with Crippen LogP contribution in [0.5, 0.6) is 0 Å². The van der Waals surface area contributed by atoms with Gasteiger partial charge in [0.1, 0.15) is 12.2 Å². The molecule has 3 fully saturated rings. The zero-order valence-electron chi connectivity index (χ0n) is 21.2. The normalized spacial score (nSPS) is 38.2. The molecule has 186 valence electrons. The van der Waals surface area contributed by atoms with Gasteiger partial charge in [0.15, 0.2) is 0 Å². The molecule has 0 bridgehead atoms. The molecule has 1 spiro atoms. The number of rotatable bonds is 4. The molecular formula is C31H39NO3. The van der Waals surface area contributed by atoms with E-state index in [1.165, 1.54) is 17.5 Å². The fourth-order valence-electron chi connectivity index (χ4n) is 8.45. The van der Waals surface area contributed by atoms with Crippen LogP contribution >= 0.6 is 0 Å². The predicted molar refractivity (Wildman–Crippen MR) is 137 cm³/mol. The summed E-state index contributed by atoms with van der Waals surface area (Å²) in [5, 5.41) is 12.2. The highest BCUT2D eigenvalue weighted by atomic mass is 16.5. The SMILES string of the molecule is CCCCN1C(=O)CO[C@@]2(C[C@H]3[C@@H]4CCc5ccccc5[C@H]4CC[C@]3(C)[C@H]2O)[C@H]1c1ccccc1. The molecule has 0 aromatic heterocycles. The van der Waals surface area contributed by atoms with Crippen LogP contribution in [0.3, 0.4) is 0 Å². The van der Waals surface area contributed by atoms with Crippen LogP contribution in [-0.4, -0.2) is 40.8 Å². The monoisotopic (exact) mass is 473 g/mol. The van der Waals surface area contributed by atoms with Crippen molar-refractivity contribution in [2.45, 2.75) is 82.5 Å². The van der Waals surface area contributed by atoms with Gasteiger partial charge >= 0.3 is 0 Å². The Morgan fingerprint density at radius 1 is 1.09 bits per heavy atom. The summed E-state index contributed by atoms with van der Waals surface area (Å²) in [7, 11) is 0. The molecule has 7 atom stereocenters. The van der Waals surface area contributed by atoms with Crippen LogP contribution in [0.2, 0.25) is 0 Å². The molecule has 4 aliphatic rings. The second-order valence-corrected chi connectivity index (χ2v) is 11.8. The topological polar surface area (TPSA) is 49.8 Å². The van der Waals surface area contributed by atoms with Gasteiger partial charge in [-0.25, -0.2) is 0 Å². The lowest BCUT2D eigenvalue weighted by molar-refractivity contribution is -0.208. The van der Waals surface area contributed by atoms with E-state index in [4.69, 9.17) is 4.74 Å². The first-order valence-corrected chi connectivity index (χ1v) is 13.7. The average Bonchev–Trinajstić information content (AvgIpc) is 3.12. The highest BCUT2D eigenvalue weighted by Crippen LogP contribution is 2.66. The van der Waals surface area contributed by atoms with Crippen LogP contribution in [0.15, 0.2) is 54.6 Å². The van der Waals surface area contributed by atoms with Gasteiger partial charge in [-0.15, -0.1) is 0 Å². The largest absolute Gasteiger partial charge is 0.389 e. The Hall–Kier alpha value is -2.17. The molecule has 0 unspecified atom stereocenters. The van der Waals surface area contributed by atoms with E-state index in [-0.39, 0.29) is 24.0 Å². The van der Waals surface area contributed by atoms with Crippen molar-refractivity contribution < 1.29 is 14.6 Å². The number of aliphatic hydroxyl groups excluding tert-OH is 1. The number of benzene rings is 2. The Morgan fingerprint density at radius 3 is 2.66 bits per heavy atom. The van der Waals surface area contributed by atoms with E-state index in [0.717, 1.165) is 44.1 Å². The summed E-state index contributed by atoms with van der Waals surface area (Å²) in [4.78, 5) is 15.3. The molecule has 4 nitrogen and oxygen atoms in total. The number of amides is 1. The van der Waals surface area contributed by atoms with Gasteiger partial charge < -0.3 is 14.7 Å². The van der Waals surface area contributed by atoms with Gasteiger partial charge in [-0.1, -0.05) is 74.9 Å². The van der Waals surface area contributed by atoms with Crippen LogP contribution in [0.4, 0.5) is 0 Å². The number of ether oxygens (including phenoxy) is 1. The molecule has 2 aromatic rings. The number of nitrogens with zero attached hydrogens (tertiary/aromatic N) is 1. The number of hydrogen-bond acceptors (Lipinski definition) is 3. The van der Waals surface area contributed by atoms with Crippen LogP contribution in [0, 0.1) is 17.3 Å². The Balaban J connectivity index is 1.42. The smallest absolute Gasteiger partial charge is 0.249 e. The third-order valence-corrected chi connectivity index (χ3v) is 10.1. The molecule has 1 amide bonds. The first-order valence-electron chi connectivity index (χ1n) is 13.7. The Bertz CT molecular complexity index is 1090. The molecule has 1 aliphatic heterocycles. The molecule has 1 saturated heterocycles. The van der Waals surface area contributed by atoms with E-state index in [9.17, 15) is 9.90 Å². The number of morpholine rings is 1. The van der Waals surface area contributed by atoms with Crippen molar-refractivity contribution in [2.24, 2.45) is 17.3 Å². The lowest BCUT2D eigenvalue weighted by atomic mass is 9.55. The van der Waals surface area contributed by atoms with Gasteiger partial charge in [0.05, 0.1) is 12.1 Å². The van der Waals surface area contributed by atoms with Crippen LogP contribution in [-0.2, 0) is 16.0 Å². The van der Waals surface area contributed by atoms with Crippen molar-refractivity contribution in [1.82, 2.24) is 4.90 Å². The average molecular weight is 474 g/mol. The molecule has 3 aliphatic carbocycles. The van der Waals surface area contributed by atoms with Gasteiger partial charge in [-0.05, 0) is 78.4 Å². The molecule has 35 heavy (non-hydrogen) atoms. The quantitative estimate of drug-likeness (QED) is 0.624. The maximum Gasteiger partial charge on any atom is 0.249 e. The van der Waals surface area contributed by atoms with E-state index in [2.05, 4.69) is 50.2 Å². The molecule has 1 N–H and O–H groups in total. The highest BCUT2D eigenvalue weighted by molar-refractivity contribution is 5.79. The zero-order chi connectivity index (χ0) is 24.2. The summed E-state index contributed by atoms with van der Waals surface area (Å²) in [6, 6.07) is 19.1. The number of aliphatic hydroxyl groups is 1. The van der Waals surface area contributed by atoms with Crippen molar-refractivity contribution >= 4 is 5.91 Å². The van der Waals surface area contributed by atoms with Gasteiger partial charge in [0, 0.05) is 6.54 Å². The molecule has 2 aromatic carbocycles. The summed E-state index contributed by atoms with van der Waals surface area (Å²) in [5.41, 5.74) is 3.18. The van der Waals surface area contributed by atoms with E-state index in [0.29, 0.717) is 24.3 Å². The summed E-state index contributed by atoms with van der Waals surface area (Å²) in [6.45, 7) is 5.27. The van der Waals surface area contributed by atoms with Crippen molar-refractivity contribution in [2.75, 3.05) is 13.2 Å². The minimum atomic E-state index is -0.756. The summed E-state index contributed by atoms with van der Waals surface area (Å²) >= 11 is 0. The number of carbonyl (C=O) groups excluding carboxylic acids is 1. The van der Waals surface area contributed by atoms with E-state index < -0.39 is 11.7 Å². The molecule has 1 heterocycles. The lowest BCUT2D eigenvalue weighted by Crippen LogP contribution is -2.61. The minimum Gasteiger partial charge on any atom is -0.389 e. The summed E-state index contributed by atoms with van der Waals surface area (Å²) < 4.78 is 6.59. The predicted octanol–water partition coefficient (Wildman–Crippen LogP) is 5.65. The van der Waals surface area contributed by atoms with Gasteiger partial charge in [-0.2, -0.15) is 0 Å². The number of aryl methyl sites for hydroxylation is 1. The number of fused-ring (bicyclic) bond motifs is 5. The lowest BCUT2D eigenvalue weighted by Gasteiger charge is -2.51. The van der Waals surface area contributed by atoms with E-state index >= 15 is 0 Å². The molecule has 2 saturated carbocycles. The zero-order valence-corrected chi connectivity index (χ0v) is 21.2. The van der Waals surface area contributed by atoms with E-state index in [1.807, 2.05) is 23.1 Å². The Kier molecular flexibility index (Phi) is 5.80. The van der Waals surface area contributed by atoms with Crippen LogP contribution in [0.25, 0.3) is 0 Å². The van der Waals surface area contributed by atoms with Gasteiger partial charge in [-0.3, -0.25) is 4.79 Å². The van der Waals surface area contributed by atoms with E-state index in [1.54, 1.807) is 0 Å². The first kappa shape index (κ1) is 23.2. The van der Waals surface area contributed by atoms with Crippen molar-refractivity contribution in [3.63, 3.8) is 0 Å². The maximum absolute atomic E-state index is 13.2. The third kappa shape index (κ3) is 3.43. The van der Waals surface area contributed by atoms with Crippen molar-refractivity contribution in [3.05, 3.63) is 71.3 Å². The highest BCUT2D eigenvalue weighted by Gasteiger charge is 2.69. The van der Waals surface area contributed by atoms with Gasteiger partial charge in [0.25, 0.3) is 0 Å². The number of carbonyl (C=O) groups is 1. The summed E-state index contributed by atoms with van der Waals surface area (Å²) in [6.07, 6.45) is 6.65. The van der Waals surface area contributed by atoms with Gasteiger partial charge in [0.2, 0.25) is 5.91 Å². The molecule has 0 radical (unpaired) electrons. The Labute approximate surface area is 209 Å². The molecule has 4 heteroatoms. The molecular weight excluding hydrogens is 434 g/mol. The molecule has 6 rings (SSSR count). The third-order valence-electron chi connectivity index (χ3n) is 10.1.